The third-order valence-electron chi connectivity index (χ3n) is 3.90. The second-order valence-electron chi connectivity index (χ2n) is 5.85. The van der Waals surface area contributed by atoms with E-state index in [-0.39, 0.29) is 5.91 Å². The van der Waals surface area contributed by atoms with Crippen molar-refractivity contribution in [2.75, 3.05) is 49.7 Å². The zero-order valence-corrected chi connectivity index (χ0v) is 13.3. The predicted molar refractivity (Wildman–Crippen MR) is 88.9 cm³/mol. The van der Waals surface area contributed by atoms with Crippen LogP contribution in [0.25, 0.3) is 0 Å². The number of nitrogens with zero attached hydrogens (tertiary/aromatic N) is 2. The van der Waals surface area contributed by atoms with Gasteiger partial charge in [-0.1, -0.05) is 0 Å². The summed E-state index contributed by atoms with van der Waals surface area (Å²) in [7, 11) is 4.18. The number of carbonyl (C=O) groups excluding carboxylic acids is 1. The number of nitrogen functional groups attached to an aromatic ring is 1. The summed E-state index contributed by atoms with van der Waals surface area (Å²) in [5.74, 6) is 0.0768. The van der Waals surface area contributed by atoms with Gasteiger partial charge in [-0.25, -0.2) is 0 Å². The Labute approximate surface area is 127 Å². The first kappa shape index (κ1) is 15.6. The number of anilines is 3. The van der Waals surface area contributed by atoms with Gasteiger partial charge in [0, 0.05) is 25.2 Å². The van der Waals surface area contributed by atoms with Crippen molar-refractivity contribution in [2.45, 2.75) is 26.2 Å². The van der Waals surface area contributed by atoms with Gasteiger partial charge in [0.25, 0.3) is 0 Å². The topological polar surface area (TPSA) is 61.6 Å². The van der Waals surface area contributed by atoms with Crippen LogP contribution in [0, 0.1) is 0 Å². The van der Waals surface area contributed by atoms with Crippen molar-refractivity contribution in [2.24, 2.45) is 0 Å². The molecule has 21 heavy (non-hydrogen) atoms. The molecule has 116 valence electrons. The lowest BCUT2D eigenvalue weighted by Crippen LogP contribution is -2.28. The van der Waals surface area contributed by atoms with Gasteiger partial charge in [-0.05, 0) is 58.1 Å². The molecule has 0 bridgehead atoms. The van der Waals surface area contributed by atoms with Gasteiger partial charge in [0.1, 0.15) is 0 Å². The van der Waals surface area contributed by atoms with Crippen LogP contribution in [0.1, 0.15) is 25.3 Å². The van der Waals surface area contributed by atoms with E-state index >= 15 is 0 Å². The number of amides is 1. The molecule has 0 aliphatic carbocycles. The molecule has 0 aromatic heterocycles. The summed E-state index contributed by atoms with van der Waals surface area (Å²) in [5.41, 5.74) is 10.1. The average Bonchev–Trinajstić information content (AvgIpc) is 2.43. The van der Waals surface area contributed by atoms with E-state index in [4.69, 9.17) is 5.73 Å². The Morgan fingerprint density at radius 2 is 2.00 bits per heavy atom. The molecular weight excluding hydrogens is 264 g/mol. The SMILES string of the molecule is CCN(CCCN(C)C)c1cc2c(cc1N)NC(=O)CC2. The number of fused-ring (bicyclic) bond motifs is 1. The van der Waals surface area contributed by atoms with Gasteiger partial charge in [-0.3, -0.25) is 4.79 Å². The molecule has 1 amide bonds. The summed E-state index contributed by atoms with van der Waals surface area (Å²) in [5, 5.41) is 2.90. The molecular formula is C16H26N4O. The zero-order valence-electron chi connectivity index (χ0n) is 13.3. The molecule has 0 saturated carbocycles. The molecule has 5 heteroatoms. The first-order valence-electron chi connectivity index (χ1n) is 7.63. The normalized spacial score (nSPS) is 14.0. The smallest absolute Gasteiger partial charge is 0.224 e. The fourth-order valence-electron chi connectivity index (χ4n) is 2.73. The van der Waals surface area contributed by atoms with E-state index < -0.39 is 0 Å². The van der Waals surface area contributed by atoms with Crippen LogP contribution in [0.3, 0.4) is 0 Å². The Hall–Kier alpha value is -1.75. The van der Waals surface area contributed by atoms with E-state index in [1.807, 2.05) is 6.07 Å². The molecule has 1 aliphatic rings. The van der Waals surface area contributed by atoms with Gasteiger partial charge in [-0.2, -0.15) is 0 Å². The summed E-state index contributed by atoms with van der Waals surface area (Å²) < 4.78 is 0. The number of rotatable bonds is 6. The molecule has 1 aliphatic heterocycles. The van der Waals surface area contributed by atoms with Crippen molar-refractivity contribution in [1.82, 2.24) is 4.90 Å². The highest BCUT2D eigenvalue weighted by Crippen LogP contribution is 2.33. The molecule has 1 aromatic carbocycles. The van der Waals surface area contributed by atoms with Crippen LogP contribution in [-0.2, 0) is 11.2 Å². The van der Waals surface area contributed by atoms with Crippen molar-refractivity contribution in [3.05, 3.63) is 17.7 Å². The number of nitrogens with two attached hydrogens (primary N) is 1. The highest BCUT2D eigenvalue weighted by Gasteiger charge is 2.18. The first-order valence-corrected chi connectivity index (χ1v) is 7.63. The molecule has 1 aromatic rings. The summed E-state index contributed by atoms with van der Waals surface area (Å²) >= 11 is 0. The van der Waals surface area contributed by atoms with E-state index in [0.29, 0.717) is 6.42 Å². The monoisotopic (exact) mass is 290 g/mol. The Balaban J connectivity index is 2.15. The van der Waals surface area contributed by atoms with Crippen LogP contribution >= 0.6 is 0 Å². The minimum absolute atomic E-state index is 0.0768. The Bertz CT molecular complexity index is 513. The standard InChI is InChI=1S/C16H26N4O/c1-4-20(9-5-8-19(2)3)15-10-12-6-7-16(21)18-14(12)11-13(15)17/h10-11H,4-9,17H2,1-3H3,(H,18,21). The summed E-state index contributed by atoms with van der Waals surface area (Å²) in [4.78, 5) is 16.0. The van der Waals surface area contributed by atoms with E-state index in [1.165, 1.54) is 5.56 Å². The Kier molecular flexibility index (Phi) is 5.07. The number of hydrogen-bond donors (Lipinski definition) is 2. The molecule has 0 radical (unpaired) electrons. The molecule has 5 nitrogen and oxygen atoms in total. The third kappa shape index (κ3) is 3.88. The highest BCUT2D eigenvalue weighted by atomic mass is 16.1. The molecule has 1 heterocycles. The average molecular weight is 290 g/mol. The van der Waals surface area contributed by atoms with E-state index in [9.17, 15) is 4.79 Å². The first-order chi connectivity index (χ1) is 10.0. The van der Waals surface area contributed by atoms with Gasteiger partial charge < -0.3 is 20.9 Å². The molecule has 0 saturated heterocycles. The summed E-state index contributed by atoms with van der Waals surface area (Å²) in [6.45, 7) is 5.14. The van der Waals surface area contributed by atoms with Gasteiger partial charge >= 0.3 is 0 Å². The van der Waals surface area contributed by atoms with Crippen molar-refractivity contribution < 1.29 is 4.79 Å². The third-order valence-corrected chi connectivity index (χ3v) is 3.90. The van der Waals surface area contributed by atoms with E-state index in [0.717, 1.165) is 49.5 Å². The molecule has 2 rings (SSSR count). The lowest BCUT2D eigenvalue weighted by molar-refractivity contribution is -0.116. The molecule has 0 atom stereocenters. The largest absolute Gasteiger partial charge is 0.397 e. The number of carbonyl (C=O) groups is 1. The van der Waals surface area contributed by atoms with Crippen LogP contribution in [0.5, 0.6) is 0 Å². The zero-order chi connectivity index (χ0) is 15.4. The summed E-state index contributed by atoms with van der Waals surface area (Å²) in [6, 6.07) is 4.04. The van der Waals surface area contributed by atoms with Crippen LogP contribution in [0.4, 0.5) is 17.1 Å². The van der Waals surface area contributed by atoms with E-state index in [1.54, 1.807) is 0 Å². The fourth-order valence-corrected chi connectivity index (χ4v) is 2.73. The Morgan fingerprint density at radius 3 is 2.67 bits per heavy atom. The maximum absolute atomic E-state index is 11.5. The van der Waals surface area contributed by atoms with Gasteiger partial charge in [0.15, 0.2) is 0 Å². The van der Waals surface area contributed by atoms with Crippen LogP contribution in [0.2, 0.25) is 0 Å². The molecule has 0 fully saturated rings. The van der Waals surface area contributed by atoms with Crippen molar-refractivity contribution >= 4 is 23.0 Å². The second-order valence-corrected chi connectivity index (χ2v) is 5.85. The Morgan fingerprint density at radius 1 is 1.24 bits per heavy atom. The predicted octanol–water partition coefficient (Wildman–Crippen LogP) is 1.93. The van der Waals surface area contributed by atoms with E-state index in [2.05, 4.69) is 42.2 Å². The molecule has 0 unspecified atom stereocenters. The van der Waals surface area contributed by atoms with Crippen molar-refractivity contribution in [1.29, 1.82) is 0 Å². The maximum Gasteiger partial charge on any atom is 0.224 e. The van der Waals surface area contributed by atoms with Crippen molar-refractivity contribution in [3.8, 4) is 0 Å². The summed E-state index contributed by atoms with van der Waals surface area (Å²) in [6.07, 6.45) is 2.46. The van der Waals surface area contributed by atoms with Gasteiger partial charge in [-0.15, -0.1) is 0 Å². The number of aryl methyl sites for hydroxylation is 1. The van der Waals surface area contributed by atoms with Crippen LogP contribution in [0.15, 0.2) is 12.1 Å². The fraction of sp³-hybridized carbons (Fsp3) is 0.562. The quantitative estimate of drug-likeness (QED) is 0.786. The second kappa shape index (κ2) is 6.80. The number of hydrogen-bond acceptors (Lipinski definition) is 4. The lowest BCUT2D eigenvalue weighted by atomic mass is 10.0. The van der Waals surface area contributed by atoms with Crippen molar-refractivity contribution in [3.63, 3.8) is 0 Å². The minimum atomic E-state index is 0.0768. The maximum atomic E-state index is 11.5. The van der Waals surface area contributed by atoms with Gasteiger partial charge in [0.05, 0.1) is 11.4 Å². The minimum Gasteiger partial charge on any atom is -0.397 e. The molecule has 3 N–H and O–H groups in total. The highest BCUT2D eigenvalue weighted by molar-refractivity contribution is 5.95. The lowest BCUT2D eigenvalue weighted by Gasteiger charge is -2.28. The van der Waals surface area contributed by atoms with Gasteiger partial charge in [0.2, 0.25) is 5.91 Å². The molecule has 0 spiro atoms. The number of benzene rings is 1. The number of nitrogens with one attached hydrogen (secondary N) is 1. The van der Waals surface area contributed by atoms with Crippen LogP contribution < -0.4 is 16.0 Å². The van der Waals surface area contributed by atoms with Crippen LogP contribution in [-0.4, -0.2) is 44.5 Å².